The normalized spacial score (nSPS) is 11.5. The predicted molar refractivity (Wildman–Crippen MR) is 90.7 cm³/mol. The van der Waals surface area contributed by atoms with Gasteiger partial charge in [0.15, 0.2) is 0 Å². The third-order valence-corrected chi connectivity index (χ3v) is 3.44. The Morgan fingerprint density at radius 3 is 2.40 bits per heavy atom. The molecule has 0 aliphatic rings. The van der Waals surface area contributed by atoms with Crippen molar-refractivity contribution < 1.29 is 18.0 Å². The van der Waals surface area contributed by atoms with E-state index < -0.39 is 24.3 Å². The van der Waals surface area contributed by atoms with E-state index in [4.69, 9.17) is 0 Å². The zero-order valence-electron chi connectivity index (χ0n) is 13.5. The maximum absolute atomic E-state index is 12.6. The first-order valence-electron chi connectivity index (χ1n) is 7.59. The van der Waals surface area contributed by atoms with Crippen molar-refractivity contribution in [3.05, 3.63) is 71.3 Å². The minimum absolute atomic E-state index is 0.576. The highest BCUT2D eigenvalue weighted by Gasteiger charge is 2.39. The number of carbonyl (C=O) groups excluding carboxylic acids is 1. The standard InChI is InChI=1S/C21H15F3O/c1-16-8-7-13-18(14-16)19(15-20(25)21(22,23)24)12-6-5-11-17-9-3-2-4-10-17/h2-4,7-10,13-14,19H,15H2,1H3. The van der Waals surface area contributed by atoms with E-state index in [-0.39, 0.29) is 0 Å². The Kier molecular flexibility index (Phi) is 6.03. The van der Waals surface area contributed by atoms with Crippen molar-refractivity contribution in [2.24, 2.45) is 0 Å². The van der Waals surface area contributed by atoms with Gasteiger partial charge in [-0.15, -0.1) is 0 Å². The number of halogens is 3. The molecular formula is C21H15F3O. The van der Waals surface area contributed by atoms with Crippen LogP contribution in [0.5, 0.6) is 0 Å². The Morgan fingerprint density at radius 2 is 1.76 bits per heavy atom. The molecule has 1 atom stereocenters. The van der Waals surface area contributed by atoms with Crippen LogP contribution < -0.4 is 0 Å². The van der Waals surface area contributed by atoms with E-state index >= 15 is 0 Å². The molecule has 0 spiro atoms. The molecule has 0 aromatic heterocycles. The zero-order chi connectivity index (χ0) is 18.3. The summed E-state index contributed by atoms with van der Waals surface area (Å²) in [7, 11) is 0. The lowest BCUT2D eigenvalue weighted by Gasteiger charge is -2.12. The molecule has 2 aromatic rings. The zero-order valence-corrected chi connectivity index (χ0v) is 13.5. The highest BCUT2D eigenvalue weighted by atomic mass is 19.4. The second-order valence-corrected chi connectivity index (χ2v) is 5.48. The van der Waals surface area contributed by atoms with Gasteiger partial charge in [0.1, 0.15) is 0 Å². The number of rotatable bonds is 3. The minimum Gasteiger partial charge on any atom is -0.290 e. The van der Waals surface area contributed by atoms with Crippen molar-refractivity contribution in [2.75, 3.05) is 0 Å². The molecule has 0 aliphatic heterocycles. The van der Waals surface area contributed by atoms with E-state index in [1.807, 2.05) is 31.2 Å². The third kappa shape index (κ3) is 5.86. The topological polar surface area (TPSA) is 17.1 Å². The van der Waals surface area contributed by atoms with Crippen LogP contribution in [-0.2, 0) is 4.79 Å². The van der Waals surface area contributed by atoms with Crippen molar-refractivity contribution in [3.8, 4) is 23.7 Å². The van der Waals surface area contributed by atoms with Crippen LogP contribution in [0.2, 0.25) is 0 Å². The van der Waals surface area contributed by atoms with E-state index in [2.05, 4.69) is 23.7 Å². The smallest absolute Gasteiger partial charge is 0.290 e. The van der Waals surface area contributed by atoms with E-state index in [1.165, 1.54) is 0 Å². The van der Waals surface area contributed by atoms with Crippen molar-refractivity contribution in [2.45, 2.75) is 25.4 Å². The van der Waals surface area contributed by atoms with Gasteiger partial charge in [-0.3, -0.25) is 4.79 Å². The lowest BCUT2D eigenvalue weighted by molar-refractivity contribution is -0.171. The van der Waals surface area contributed by atoms with Crippen molar-refractivity contribution in [1.82, 2.24) is 0 Å². The van der Waals surface area contributed by atoms with Crippen LogP contribution in [-0.4, -0.2) is 12.0 Å². The quantitative estimate of drug-likeness (QED) is 0.743. The first-order valence-corrected chi connectivity index (χ1v) is 7.59. The first kappa shape index (κ1) is 18.4. The van der Waals surface area contributed by atoms with Gasteiger partial charge >= 0.3 is 6.18 Å². The predicted octanol–water partition coefficient (Wildman–Crippen LogP) is 4.66. The van der Waals surface area contributed by atoms with Gasteiger partial charge in [0.25, 0.3) is 0 Å². The monoisotopic (exact) mass is 340 g/mol. The van der Waals surface area contributed by atoms with Crippen LogP contribution in [0.4, 0.5) is 13.2 Å². The van der Waals surface area contributed by atoms with Gasteiger partial charge in [-0.25, -0.2) is 0 Å². The molecule has 1 nitrogen and oxygen atoms in total. The largest absolute Gasteiger partial charge is 0.450 e. The van der Waals surface area contributed by atoms with Gasteiger partial charge in [-0.1, -0.05) is 59.9 Å². The number of ketones is 1. The van der Waals surface area contributed by atoms with Crippen LogP contribution in [0.3, 0.4) is 0 Å². The summed E-state index contributed by atoms with van der Waals surface area (Å²) in [6.45, 7) is 1.83. The van der Waals surface area contributed by atoms with Gasteiger partial charge in [0.05, 0.1) is 5.92 Å². The van der Waals surface area contributed by atoms with Crippen molar-refractivity contribution in [3.63, 3.8) is 0 Å². The van der Waals surface area contributed by atoms with Gasteiger partial charge in [-0.05, 0) is 36.5 Å². The average molecular weight is 340 g/mol. The number of benzene rings is 2. The second kappa shape index (κ2) is 8.22. The molecule has 0 N–H and O–H groups in total. The molecule has 2 aromatic carbocycles. The molecule has 0 saturated carbocycles. The van der Waals surface area contributed by atoms with Gasteiger partial charge in [-0.2, -0.15) is 13.2 Å². The van der Waals surface area contributed by atoms with Crippen LogP contribution in [0, 0.1) is 30.6 Å². The Hall–Kier alpha value is -2.98. The average Bonchev–Trinajstić information content (AvgIpc) is 2.57. The van der Waals surface area contributed by atoms with E-state index in [0.717, 1.165) is 11.1 Å². The number of Topliss-reactive ketones (excluding diaryl/α,β-unsaturated/α-hetero) is 1. The van der Waals surface area contributed by atoms with Crippen LogP contribution >= 0.6 is 0 Å². The second-order valence-electron chi connectivity index (χ2n) is 5.48. The summed E-state index contributed by atoms with van der Waals surface area (Å²) in [5.41, 5.74) is 2.22. The fourth-order valence-corrected chi connectivity index (χ4v) is 2.19. The fraction of sp³-hybridized carbons (Fsp3) is 0.190. The van der Waals surface area contributed by atoms with Gasteiger partial charge in [0, 0.05) is 12.0 Å². The van der Waals surface area contributed by atoms with Crippen LogP contribution in [0.15, 0.2) is 54.6 Å². The third-order valence-electron chi connectivity index (χ3n) is 3.44. The Labute approximate surface area is 144 Å². The number of aryl methyl sites for hydroxylation is 1. The molecule has 2 rings (SSSR count). The molecule has 0 amide bonds. The molecule has 25 heavy (non-hydrogen) atoms. The highest BCUT2D eigenvalue weighted by Crippen LogP contribution is 2.26. The highest BCUT2D eigenvalue weighted by molar-refractivity contribution is 5.85. The summed E-state index contributed by atoms with van der Waals surface area (Å²) in [5, 5.41) is 0. The molecule has 1 unspecified atom stereocenters. The van der Waals surface area contributed by atoms with Gasteiger partial charge in [0.2, 0.25) is 5.78 Å². The van der Waals surface area contributed by atoms with Crippen LogP contribution in [0.25, 0.3) is 0 Å². The van der Waals surface area contributed by atoms with E-state index in [0.29, 0.717) is 5.56 Å². The Morgan fingerprint density at radius 1 is 1.04 bits per heavy atom. The summed E-state index contributed by atoms with van der Waals surface area (Å²) >= 11 is 0. The fourth-order valence-electron chi connectivity index (χ4n) is 2.19. The van der Waals surface area contributed by atoms with Gasteiger partial charge < -0.3 is 0 Å². The maximum Gasteiger partial charge on any atom is 0.450 e. The summed E-state index contributed by atoms with van der Waals surface area (Å²) in [6, 6.07) is 16.1. The van der Waals surface area contributed by atoms with E-state index in [1.54, 1.807) is 30.3 Å². The molecule has 126 valence electrons. The van der Waals surface area contributed by atoms with Crippen molar-refractivity contribution >= 4 is 5.78 Å². The molecule has 0 heterocycles. The molecule has 0 saturated heterocycles. The SMILES string of the molecule is Cc1cccc(C(C#CC#Cc2ccccc2)CC(=O)C(F)(F)F)c1. The number of alkyl halides is 3. The maximum atomic E-state index is 12.6. The molecule has 0 radical (unpaired) electrons. The summed E-state index contributed by atoms with van der Waals surface area (Å²) in [6.07, 6.45) is -5.58. The minimum atomic E-state index is -4.86. The lowest BCUT2D eigenvalue weighted by atomic mass is 9.93. The Bertz CT molecular complexity index is 859. The summed E-state index contributed by atoms with van der Waals surface area (Å²) in [5.74, 6) is 8.07. The van der Waals surface area contributed by atoms with Crippen LogP contribution in [0.1, 0.15) is 29.0 Å². The van der Waals surface area contributed by atoms with Crippen molar-refractivity contribution in [1.29, 1.82) is 0 Å². The molecule has 0 aliphatic carbocycles. The molecule has 0 fully saturated rings. The summed E-state index contributed by atoms with van der Waals surface area (Å²) < 4.78 is 37.8. The molecule has 0 bridgehead atoms. The lowest BCUT2D eigenvalue weighted by Crippen LogP contribution is -2.24. The number of hydrogen-bond acceptors (Lipinski definition) is 1. The number of hydrogen-bond donors (Lipinski definition) is 0. The molecular weight excluding hydrogens is 325 g/mol. The Balaban J connectivity index is 2.25. The summed E-state index contributed by atoms with van der Waals surface area (Å²) in [4.78, 5) is 11.4. The first-order chi connectivity index (χ1) is 11.9. The molecule has 4 heteroatoms. The van der Waals surface area contributed by atoms with E-state index in [9.17, 15) is 18.0 Å². The number of carbonyl (C=O) groups is 1.